The van der Waals surface area contributed by atoms with Crippen LogP contribution in [0.25, 0.3) is 10.8 Å². The maximum atomic E-state index is 12.3. The van der Waals surface area contributed by atoms with Gasteiger partial charge in [-0.3, -0.25) is 9.59 Å². The molecule has 0 aliphatic rings. The van der Waals surface area contributed by atoms with Gasteiger partial charge in [0, 0.05) is 17.7 Å². The molecule has 190 valence electrons. The molecule has 4 aromatic carbocycles. The molecule has 5 N–H and O–H groups in total. The van der Waals surface area contributed by atoms with Crippen LogP contribution in [0.1, 0.15) is 34.5 Å². The van der Waals surface area contributed by atoms with E-state index in [-0.39, 0.29) is 23.8 Å². The maximum absolute atomic E-state index is 12.3. The molecule has 4 rings (SSSR count). The van der Waals surface area contributed by atoms with Gasteiger partial charge >= 0.3 is 0 Å². The summed E-state index contributed by atoms with van der Waals surface area (Å²) in [5.41, 5.74) is 11.3. The highest BCUT2D eigenvalue weighted by atomic mass is 35.5. The van der Waals surface area contributed by atoms with Crippen LogP contribution in [0.2, 0.25) is 5.02 Å². The Morgan fingerprint density at radius 2 is 1.68 bits per heavy atom. The quantitative estimate of drug-likeness (QED) is 0.189. The molecule has 37 heavy (non-hydrogen) atoms. The molecule has 0 bridgehead atoms. The molecule has 2 amide bonds. The predicted octanol–water partition coefficient (Wildman–Crippen LogP) is 4.79. The van der Waals surface area contributed by atoms with Gasteiger partial charge < -0.3 is 16.2 Å². The number of aromatic hydroxyl groups is 1. The zero-order chi connectivity index (χ0) is 25.5. The van der Waals surface area contributed by atoms with Crippen LogP contribution in [0.4, 0.5) is 0 Å². The van der Waals surface area contributed by atoms with E-state index in [1.807, 2.05) is 66.7 Å². The Hall–Kier alpha value is -4.20. The monoisotopic (exact) mass is 516 g/mol. The van der Waals surface area contributed by atoms with Crippen molar-refractivity contribution in [3.8, 4) is 5.75 Å². The van der Waals surface area contributed by atoms with Crippen LogP contribution < -0.4 is 16.5 Å². The zero-order valence-electron chi connectivity index (χ0n) is 19.3. The van der Waals surface area contributed by atoms with E-state index < -0.39 is 17.9 Å². The lowest BCUT2D eigenvalue weighted by Crippen LogP contribution is -2.42. The zero-order valence-corrected chi connectivity index (χ0v) is 20.1. The largest absolute Gasteiger partial charge is 0.506 e. The van der Waals surface area contributed by atoms with Crippen LogP contribution in [0, 0.1) is 0 Å². The molecule has 0 radical (unpaired) electrons. The van der Waals surface area contributed by atoms with Crippen molar-refractivity contribution in [2.24, 2.45) is 10.8 Å². The highest BCUT2D eigenvalue weighted by molar-refractivity contribution is 6.32. The number of amides is 2. The van der Waals surface area contributed by atoms with Crippen molar-refractivity contribution in [2.75, 3.05) is 0 Å². The number of phenolic OH excluding ortho intramolecular Hbond substituents is 1. The Labute approximate surface area is 221 Å². The fourth-order valence-electron chi connectivity index (χ4n) is 3.88. The number of rotatable bonds is 9. The number of phenols is 1. The van der Waals surface area contributed by atoms with E-state index in [9.17, 15) is 14.7 Å². The van der Waals surface area contributed by atoms with Crippen LogP contribution in [0.5, 0.6) is 5.75 Å². The summed E-state index contributed by atoms with van der Waals surface area (Å²) in [7, 11) is 0. The Morgan fingerprint density at radius 1 is 0.973 bits per heavy atom. The van der Waals surface area contributed by atoms with Crippen molar-refractivity contribution in [1.82, 2.24) is 10.7 Å². The highest BCUT2D eigenvalue weighted by Gasteiger charge is 2.16. The van der Waals surface area contributed by atoms with Gasteiger partial charge in [0.15, 0.2) is 0 Å². The second-order valence-corrected chi connectivity index (χ2v) is 8.66. The lowest BCUT2D eigenvalue weighted by molar-refractivity contribution is -0.120. The van der Waals surface area contributed by atoms with E-state index >= 15 is 0 Å². The summed E-state index contributed by atoms with van der Waals surface area (Å²) in [6, 6.07) is 25.1. The summed E-state index contributed by atoms with van der Waals surface area (Å²) in [6.07, 6.45) is 2.08. The van der Waals surface area contributed by atoms with Crippen molar-refractivity contribution in [3.05, 3.63) is 112 Å². The number of hydrogen-bond donors (Lipinski definition) is 4. The number of halogens is 1. The van der Waals surface area contributed by atoms with Gasteiger partial charge in [0.05, 0.1) is 17.3 Å². The van der Waals surface area contributed by atoms with Crippen LogP contribution >= 0.6 is 11.6 Å². The second kappa shape index (κ2) is 12.7. The highest BCUT2D eigenvalue weighted by Crippen LogP contribution is 2.24. The van der Waals surface area contributed by atoms with Gasteiger partial charge in [-0.1, -0.05) is 85.8 Å². The number of hydrazone groups is 1. The topological polar surface area (TPSA) is 117 Å². The number of fused-ring (bicyclic) bond motifs is 1. The Balaban J connectivity index is 0.00000380. The van der Waals surface area contributed by atoms with E-state index in [1.54, 1.807) is 6.21 Å². The summed E-state index contributed by atoms with van der Waals surface area (Å²) < 4.78 is 0. The average molecular weight is 517 g/mol. The van der Waals surface area contributed by atoms with Crippen LogP contribution in [-0.4, -0.2) is 29.2 Å². The molecule has 4 aromatic rings. The number of nitrogens with two attached hydrogens (primary N) is 1. The van der Waals surface area contributed by atoms with Crippen molar-refractivity contribution < 1.29 is 14.7 Å². The first-order valence-corrected chi connectivity index (χ1v) is 11.7. The number of hydrogen-bond acceptors (Lipinski definition) is 5. The molecular weight excluding hydrogens is 488 g/mol. The third-order valence-corrected chi connectivity index (χ3v) is 6.10. The molecule has 0 aliphatic heterocycles. The molecule has 0 aliphatic carbocycles. The lowest BCUT2D eigenvalue weighted by Gasteiger charge is -2.17. The summed E-state index contributed by atoms with van der Waals surface area (Å²) in [6.45, 7) is 0.455. The van der Waals surface area contributed by atoms with Crippen LogP contribution in [0.15, 0.2) is 90.0 Å². The minimum absolute atomic E-state index is 0. The normalized spacial score (nSPS) is 11.7. The minimum atomic E-state index is -0.504. The van der Waals surface area contributed by atoms with Crippen molar-refractivity contribution in [1.29, 1.82) is 0 Å². The van der Waals surface area contributed by atoms with Crippen LogP contribution in [0.3, 0.4) is 0 Å². The molecule has 0 heterocycles. The third-order valence-electron chi connectivity index (χ3n) is 5.79. The summed E-state index contributed by atoms with van der Waals surface area (Å²) >= 11 is 5.87. The van der Waals surface area contributed by atoms with Gasteiger partial charge in [0.1, 0.15) is 5.75 Å². The molecule has 0 saturated heterocycles. The fraction of sp³-hybridized carbons (Fsp3) is 0.138. The van der Waals surface area contributed by atoms with Gasteiger partial charge in [-0.25, -0.2) is 5.43 Å². The maximum Gasteiger partial charge on any atom is 0.271 e. The van der Waals surface area contributed by atoms with Crippen molar-refractivity contribution >= 4 is 40.4 Å². The minimum Gasteiger partial charge on any atom is -0.506 e. The molecular formula is C29H29ClN4O3. The number of carbonyl (C=O) groups is 2. The van der Waals surface area contributed by atoms with Gasteiger partial charge in [0.2, 0.25) is 5.91 Å². The van der Waals surface area contributed by atoms with Crippen LogP contribution in [-0.2, 0) is 17.8 Å². The predicted molar refractivity (Wildman–Crippen MR) is 149 cm³/mol. The Morgan fingerprint density at radius 3 is 2.38 bits per heavy atom. The van der Waals surface area contributed by atoms with E-state index in [2.05, 4.69) is 15.8 Å². The van der Waals surface area contributed by atoms with Crippen molar-refractivity contribution in [3.63, 3.8) is 0 Å². The molecule has 0 aromatic heterocycles. The van der Waals surface area contributed by atoms with Gasteiger partial charge in [0.25, 0.3) is 5.91 Å². The molecule has 7 nitrogen and oxygen atoms in total. The first-order chi connectivity index (χ1) is 17.4. The standard InChI is InChI=1S/C28H25ClN4O3.CH4/c29-24-15-19(12-13-26(24)34)28(36)33-32-17-21-11-10-20(22-8-4-5-9-23(21)22)16-31-25(27(30)35)14-18-6-2-1-3-7-18;/h1-13,15,17,25,31,34H,14,16H2,(H2,30,35)(H,33,36);1H4/b32-17+;. The summed E-state index contributed by atoms with van der Waals surface area (Å²) in [5.74, 6) is -0.952. The molecule has 1 atom stereocenters. The molecule has 1 unspecified atom stereocenters. The Kier molecular flexibility index (Phi) is 9.38. The second-order valence-electron chi connectivity index (χ2n) is 8.25. The number of nitrogens with zero attached hydrogens (tertiary/aromatic N) is 1. The number of benzene rings is 4. The number of nitrogens with one attached hydrogen (secondary N) is 2. The molecule has 0 fully saturated rings. The smallest absolute Gasteiger partial charge is 0.271 e. The van der Waals surface area contributed by atoms with Gasteiger partial charge in [-0.15, -0.1) is 0 Å². The van der Waals surface area contributed by atoms with Gasteiger partial charge in [-0.05, 0) is 46.5 Å². The van der Waals surface area contributed by atoms with Gasteiger partial charge in [-0.2, -0.15) is 5.10 Å². The van der Waals surface area contributed by atoms with E-state index in [1.165, 1.54) is 18.2 Å². The van der Waals surface area contributed by atoms with E-state index in [0.717, 1.165) is 27.5 Å². The number of carbonyl (C=O) groups excluding carboxylic acids is 2. The number of primary amides is 1. The van der Waals surface area contributed by atoms with E-state index in [4.69, 9.17) is 17.3 Å². The first kappa shape index (κ1) is 27.4. The SMILES string of the molecule is C.NC(=O)C(Cc1ccccc1)NCc1ccc(/C=N/NC(=O)c2ccc(O)c(Cl)c2)c2ccccc12. The summed E-state index contributed by atoms with van der Waals surface area (Å²) in [4.78, 5) is 24.4. The molecule has 8 heteroatoms. The molecule has 0 spiro atoms. The first-order valence-electron chi connectivity index (χ1n) is 11.3. The Bertz CT molecular complexity index is 1420. The third kappa shape index (κ3) is 6.94. The average Bonchev–Trinajstić information content (AvgIpc) is 2.89. The van der Waals surface area contributed by atoms with E-state index in [0.29, 0.717) is 13.0 Å². The fourth-order valence-corrected chi connectivity index (χ4v) is 4.06. The van der Waals surface area contributed by atoms with Crippen molar-refractivity contribution in [2.45, 2.75) is 26.4 Å². The lowest BCUT2D eigenvalue weighted by atomic mass is 9.99. The molecule has 0 saturated carbocycles. The summed E-state index contributed by atoms with van der Waals surface area (Å²) in [5, 5.41) is 18.9.